The molecule has 0 fully saturated rings. The summed E-state index contributed by atoms with van der Waals surface area (Å²) in [7, 11) is 3.98. The molecule has 5 rings (SSSR count). The monoisotopic (exact) mass is 483 g/mol. The molecule has 0 saturated heterocycles. The summed E-state index contributed by atoms with van der Waals surface area (Å²) >= 11 is 0. The normalized spacial score (nSPS) is 16.2. The van der Waals surface area contributed by atoms with Crippen LogP contribution in [0.25, 0.3) is 16.3 Å². The number of allylic oxidation sites excluding steroid dienone is 1. The number of nitrogens with zero attached hydrogens (tertiary/aromatic N) is 1. The van der Waals surface area contributed by atoms with E-state index in [9.17, 15) is 14.7 Å². The van der Waals surface area contributed by atoms with E-state index in [0.717, 1.165) is 27.5 Å². The molecule has 1 aliphatic heterocycles. The van der Waals surface area contributed by atoms with Crippen LogP contribution >= 0.6 is 0 Å². The number of hydrogen-bond donors (Lipinski definition) is 1. The fourth-order valence-electron chi connectivity index (χ4n) is 4.48. The fraction of sp³-hybridized carbons (Fsp3) is 0.172. The number of rotatable bonds is 6. The quantitative estimate of drug-likeness (QED) is 0.389. The van der Waals surface area contributed by atoms with E-state index in [1.807, 2.05) is 62.6 Å². The van der Waals surface area contributed by atoms with E-state index >= 15 is 0 Å². The number of aromatic carboxylic acids is 1. The lowest BCUT2D eigenvalue weighted by molar-refractivity contribution is -0.147. The first-order valence-electron chi connectivity index (χ1n) is 11.5. The number of benzene rings is 3. The first kappa shape index (κ1) is 23.4. The van der Waals surface area contributed by atoms with Crippen molar-refractivity contribution in [2.24, 2.45) is 0 Å². The first-order valence-corrected chi connectivity index (χ1v) is 11.5. The van der Waals surface area contributed by atoms with Gasteiger partial charge >= 0.3 is 11.9 Å². The average molecular weight is 484 g/mol. The number of likely N-dealkylation sites (N-methyl/N-ethyl adjacent to an activating group) is 1. The van der Waals surface area contributed by atoms with E-state index in [-0.39, 0.29) is 18.4 Å². The van der Waals surface area contributed by atoms with Crippen LogP contribution in [0.15, 0.2) is 84.2 Å². The lowest BCUT2D eigenvalue weighted by atomic mass is 9.84. The number of fused-ring (bicyclic) bond motifs is 4. The first-order chi connectivity index (χ1) is 17.3. The maximum Gasteiger partial charge on any atom is 0.336 e. The van der Waals surface area contributed by atoms with E-state index in [1.54, 1.807) is 18.2 Å². The highest BCUT2D eigenvalue weighted by atomic mass is 16.7. The van der Waals surface area contributed by atoms with Gasteiger partial charge in [0.05, 0.1) is 5.56 Å². The maximum atomic E-state index is 12.1. The Kier molecular flexibility index (Phi) is 6.08. The molecule has 1 N–H and O–H groups in total. The highest BCUT2D eigenvalue weighted by Crippen LogP contribution is 2.47. The van der Waals surface area contributed by atoms with E-state index in [0.29, 0.717) is 22.8 Å². The largest absolute Gasteiger partial charge is 0.478 e. The van der Waals surface area contributed by atoms with Gasteiger partial charge in [0.15, 0.2) is 0 Å². The van der Waals surface area contributed by atoms with E-state index < -0.39 is 11.9 Å². The van der Waals surface area contributed by atoms with Crippen LogP contribution in [-0.2, 0) is 9.53 Å². The van der Waals surface area contributed by atoms with Crippen molar-refractivity contribution in [3.05, 3.63) is 101 Å². The molecule has 0 spiro atoms. The zero-order valence-corrected chi connectivity index (χ0v) is 20.1. The minimum Gasteiger partial charge on any atom is -0.478 e. The molecule has 7 heteroatoms. The van der Waals surface area contributed by atoms with Crippen molar-refractivity contribution < 1.29 is 28.9 Å². The fourth-order valence-corrected chi connectivity index (χ4v) is 4.48. The Morgan fingerprint density at radius 2 is 1.86 bits per heavy atom. The SMILES string of the molecule is CC(=O)OCOc1ccc2c3c(ccc2c1)C(c1ccccc1C(=O)O)=C1C=CC(N(C)C)C=C1O3. The Balaban J connectivity index is 1.69. The molecule has 1 atom stereocenters. The predicted molar refractivity (Wildman–Crippen MR) is 136 cm³/mol. The summed E-state index contributed by atoms with van der Waals surface area (Å²) in [6, 6.07) is 16.5. The third-order valence-electron chi connectivity index (χ3n) is 6.25. The Morgan fingerprint density at radius 3 is 2.61 bits per heavy atom. The Morgan fingerprint density at radius 1 is 1.06 bits per heavy atom. The van der Waals surface area contributed by atoms with Gasteiger partial charge in [-0.05, 0) is 61.5 Å². The summed E-state index contributed by atoms with van der Waals surface area (Å²) in [5.74, 6) is 0.484. The summed E-state index contributed by atoms with van der Waals surface area (Å²) in [6.07, 6.45) is 6.12. The average Bonchev–Trinajstić information content (AvgIpc) is 2.86. The van der Waals surface area contributed by atoms with Crippen molar-refractivity contribution in [1.29, 1.82) is 0 Å². The highest BCUT2D eigenvalue weighted by Gasteiger charge is 2.30. The van der Waals surface area contributed by atoms with Crippen LogP contribution < -0.4 is 9.47 Å². The molecule has 1 unspecified atom stereocenters. The molecule has 3 aromatic carbocycles. The van der Waals surface area contributed by atoms with E-state index in [4.69, 9.17) is 14.2 Å². The second kappa shape index (κ2) is 9.36. The molecule has 182 valence electrons. The van der Waals surface area contributed by atoms with Crippen LogP contribution in [0.4, 0.5) is 0 Å². The second-order valence-electron chi connectivity index (χ2n) is 8.81. The zero-order valence-electron chi connectivity index (χ0n) is 20.1. The van der Waals surface area contributed by atoms with Gasteiger partial charge in [-0.2, -0.15) is 0 Å². The predicted octanol–water partition coefficient (Wildman–Crippen LogP) is 5.02. The van der Waals surface area contributed by atoms with Crippen LogP contribution in [0.1, 0.15) is 28.4 Å². The van der Waals surface area contributed by atoms with Crippen molar-refractivity contribution in [1.82, 2.24) is 4.90 Å². The third kappa shape index (κ3) is 4.25. The van der Waals surface area contributed by atoms with Gasteiger partial charge in [0.25, 0.3) is 0 Å². The summed E-state index contributed by atoms with van der Waals surface area (Å²) < 4.78 is 16.9. The Hall–Kier alpha value is -4.36. The number of carbonyl (C=O) groups is 2. The topological polar surface area (TPSA) is 85.3 Å². The van der Waals surface area contributed by atoms with Crippen molar-refractivity contribution in [2.45, 2.75) is 13.0 Å². The lowest BCUT2D eigenvalue weighted by Crippen LogP contribution is -2.27. The van der Waals surface area contributed by atoms with Gasteiger partial charge in [-0.15, -0.1) is 0 Å². The minimum atomic E-state index is -0.987. The molecule has 0 amide bonds. The number of carboxylic acid groups (broad SMARTS) is 1. The van der Waals surface area contributed by atoms with Crippen LogP contribution in [0.5, 0.6) is 11.5 Å². The molecule has 0 radical (unpaired) electrons. The summed E-state index contributed by atoms with van der Waals surface area (Å²) in [5, 5.41) is 11.7. The van der Waals surface area contributed by atoms with Gasteiger partial charge in [0.1, 0.15) is 17.3 Å². The Labute approximate surface area is 208 Å². The minimum absolute atomic E-state index is 0.0394. The van der Waals surface area contributed by atoms with Gasteiger partial charge in [0.2, 0.25) is 6.79 Å². The second-order valence-corrected chi connectivity index (χ2v) is 8.81. The molecule has 7 nitrogen and oxygen atoms in total. The van der Waals surface area contributed by atoms with Crippen molar-refractivity contribution in [3.8, 4) is 11.5 Å². The molecule has 36 heavy (non-hydrogen) atoms. The van der Waals surface area contributed by atoms with Gasteiger partial charge in [-0.25, -0.2) is 4.79 Å². The van der Waals surface area contributed by atoms with Crippen molar-refractivity contribution in [3.63, 3.8) is 0 Å². The molecular formula is C29H25NO6. The standard InChI is InChI=1S/C29H25NO6/c1-17(31)34-16-35-20-10-13-21-18(14-20)8-11-25-27(22-6-4-5-7-23(22)29(32)33)24-12-9-19(30(2)3)15-26(24)36-28(21)25/h4-15,19H,16H2,1-3H3,(H,32,33). The van der Waals surface area contributed by atoms with Gasteiger partial charge in [-0.1, -0.05) is 36.4 Å². The van der Waals surface area contributed by atoms with Gasteiger partial charge in [-0.3, -0.25) is 9.69 Å². The van der Waals surface area contributed by atoms with Crippen molar-refractivity contribution in [2.75, 3.05) is 20.9 Å². The maximum absolute atomic E-state index is 12.1. The van der Waals surface area contributed by atoms with Gasteiger partial charge in [0, 0.05) is 35.1 Å². The summed E-state index contributed by atoms with van der Waals surface area (Å²) in [6.45, 7) is 1.15. The summed E-state index contributed by atoms with van der Waals surface area (Å²) in [5.41, 5.74) is 3.32. The molecule has 1 heterocycles. The van der Waals surface area contributed by atoms with Gasteiger partial charge < -0.3 is 19.3 Å². The highest BCUT2D eigenvalue weighted by molar-refractivity contribution is 6.04. The molecular weight excluding hydrogens is 458 g/mol. The number of carbonyl (C=O) groups excluding carboxylic acids is 1. The summed E-state index contributed by atoms with van der Waals surface area (Å²) in [4.78, 5) is 25.2. The molecule has 1 aliphatic carbocycles. The number of esters is 1. The third-order valence-corrected chi connectivity index (χ3v) is 6.25. The molecule has 2 aliphatic rings. The van der Waals surface area contributed by atoms with Crippen LogP contribution in [0.2, 0.25) is 0 Å². The molecule has 0 saturated carbocycles. The number of ether oxygens (including phenoxy) is 3. The van der Waals surface area contributed by atoms with Crippen LogP contribution in [0.3, 0.4) is 0 Å². The smallest absolute Gasteiger partial charge is 0.336 e. The van der Waals surface area contributed by atoms with Crippen LogP contribution in [-0.4, -0.2) is 48.9 Å². The van der Waals surface area contributed by atoms with E-state index in [2.05, 4.69) is 11.0 Å². The number of hydrogen-bond acceptors (Lipinski definition) is 6. The Bertz CT molecular complexity index is 1480. The van der Waals surface area contributed by atoms with Crippen molar-refractivity contribution >= 4 is 28.3 Å². The molecule has 0 aromatic heterocycles. The molecule has 0 bridgehead atoms. The lowest BCUT2D eigenvalue weighted by Gasteiger charge is -2.31. The number of carboxylic acids is 1. The molecule has 3 aromatic rings. The van der Waals surface area contributed by atoms with Crippen LogP contribution in [0, 0.1) is 0 Å². The zero-order chi connectivity index (χ0) is 25.4. The van der Waals surface area contributed by atoms with E-state index in [1.165, 1.54) is 6.92 Å².